The quantitative estimate of drug-likeness (QED) is 0.284. The van der Waals surface area contributed by atoms with Gasteiger partial charge < -0.3 is 29.2 Å². The van der Waals surface area contributed by atoms with Gasteiger partial charge in [-0.25, -0.2) is 0 Å². The average Bonchev–Trinajstić information content (AvgIpc) is 2.96. The van der Waals surface area contributed by atoms with Crippen molar-refractivity contribution in [1.82, 2.24) is 15.1 Å². The Bertz CT molecular complexity index is 1260. The molecule has 7 heteroatoms. The third-order valence-electron chi connectivity index (χ3n) is 7.84. The first-order valence-electron chi connectivity index (χ1n) is 14.6. The number of hydrogen-bond acceptors (Lipinski definition) is 7. The van der Waals surface area contributed by atoms with Gasteiger partial charge in [0, 0.05) is 56.9 Å². The fourth-order valence-electron chi connectivity index (χ4n) is 5.40. The number of methoxy groups -OCH3 is 2. The van der Waals surface area contributed by atoms with Crippen LogP contribution in [0.1, 0.15) is 37.5 Å². The molecule has 1 N–H and O–H groups in total. The Morgan fingerprint density at radius 3 is 2.20 bits per heavy atom. The number of hydrogen-bond donors (Lipinski definition) is 1. The molecular weight excluding hydrogens is 514 g/mol. The van der Waals surface area contributed by atoms with E-state index in [1.807, 2.05) is 31.2 Å². The van der Waals surface area contributed by atoms with Gasteiger partial charge in [0.25, 0.3) is 0 Å². The first kappa shape index (κ1) is 30.7. The number of piperazine rings is 1. The molecule has 0 unspecified atom stereocenters. The molecule has 41 heavy (non-hydrogen) atoms. The fraction of sp³-hybridized carbons (Fsp3) is 0.471. The van der Waals surface area contributed by atoms with Crippen LogP contribution in [0.3, 0.4) is 0 Å². The second-order valence-electron chi connectivity index (χ2n) is 11.5. The number of benzene rings is 3. The summed E-state index contributed by atoms with van der Waals surface area (Å²) in [7, 11) is 5.58. The monoisotopic (exact) mass is 561 g/mol. The lowest BCUT2D eigenvalue weighted by atomic mass is 9.96. The van der Waals surface area contributed by atoms with E-state index in [1.165, 1.54) is 11.1 Å². The van der Waals surface area contributed by atoms with E-state index >= 15 is 0 Å². The van der Waals surface area contributed by atoms with Crippen molar-refractivity contribution in [3.8, 4) is 34.1 Å². The maximum Gasteiger partial charge on any atom is 0.130 e. The molecule has 1 heterocycles. The van der Waals surface area contributed by atoms with Gasteiger partial charge in [0.2, 0.25) is 0 Å². The van der Waals surface area contributed by atoms with Gasteiger partial charge in [-0.05, 0) is 69.1 Å². The Hall–Kier alpha value is -3.26. The van der Waals surface area contributed by atoms with Crippen molar-refractivity contribution in [2.45, 2.75) is 46.4 Å². The minimum atomic E-state index is -0.0637. The molecular formula is C34H47N3O4. The lowest BCUT2D eigenvalue weighted by Crippen LogP contribution is -2.53. The lowest BCUT2D eigenvalue weighted by molar-refractivity contribution is 0.123. The fourth-order valence-corrected chi connectivity index (χ4v) is 5.40. The first-order chi connectivity index (χ1) is 19.7. The summed E-state index contributed by atoms with van der Waals surface area (Å²) in [6.07, 6.45) is 0. The number of likely N-dealkylation sites (N-methyl/N-ethyl adjacent to an activating group) is 1. The van der Waals surface area contributed by atoms with E-state index in [0.717, 1.165) is 66.7 Å². The normalized spacial score (nSPS) is 14.6. The zero-order valence-corrected chi connectivity index (χ0v) is 25.9. The summed E-state index contributed by atoms with van der Waals surface area (Å²) in [5, 5.41) is 3.74. The SMILES string of the molecule is CCOc1cccc(-c2cccc(COc3cc(OC)c(CNC(C)(C)CN4CCN(C)CC4)c(OC)c3)c2C)c1. The van der Waals surface area contributed by atoms with Gasteiger partial charge >= 0.3 is 0 Å². The summed E-state index contributed by atoms with van der Waals surface area (Å²) in [6, 6.07) is 18.5. The molecule has 0 saturated carbocycles. The molecule has 222 valence electrons. The summed E-state index contributed by atoms with van der Waals surface area (Å²) in [4.78, 5) is 4.92. The highest BCUT2D eigenvalue weighted by Crippen LogP contribution is 2.35. The molecule has 3 aromatic rings. The van der Waals surface area contributed by atoms with Crippen LogP contribution in [0.5, 0.6) is 23.0 Å². The molecule has 0 bridgehead atoms. The van der Waals surface area contributed by atoms with Crippen LogP contribution in [0, 0.1) is 6.92 Å². The van der Waals surface area contributed by atoms with Crippen molar-refractivity contribution in [2.75, 3.05) is 60.6 Å². The van der Waals surface area contributed by atoms with Crippen LogP contribution in [0.2, 0.25) is 0 Å². The van der Waals surface area contributed by atoms with Crippen LogP contribution < -0.4 is 24.3 Å². The Morgan fingerprint density at radius 2 is 1.54 bits per heavy atom. The Labute approximate surface area is 246 Å². The van der Waals surface area contributed by atoms with Gasteiger partial charge in [-0.1, -0.05) is 30.3 Å². The van der Waals surface area contributed by atoms with Crippen molar-refractivity contribution >= 4 is 0 Å². The molecule has 0 radical (unpaired) electrons. The largest absolute Gasteiger partial charge is 0.496 e. The van der Waals surface area contributed by atoms with E-state index in [-0.39, 0.29) is 5.54 Å². The summed E-state index contributed by atoms with van der Waals surface area (Å²) in [6.45, 7) is 15.8. The third-order valence-corrected chi connectivity index (χ3v) is 7.84. The summed E-state index contributed by atoms with van der Waals surface area (Å²) < 4.78 is 23.6. The maximum absolute atomic E-state index is 6.30. The molecule has 1 aliphatic heterocycles. The van der Waals surface area contributed by atoms with E-state index in [2.05, 4.69) is 73.3 Å². The van der Waals surface area contributed by atoms with Crippen molar-refractivity contribution in [1.29, 1.82) is 0 Å². The van der Waals surface area contributed by atoms with Crippen molar-refractivity contribution in [3.63, 3.8) is 0 Å². The zero-order chi connectivity index (χ0) is 29.4. The van der Waals surface area contributed by atoms with E-state index in [1.54, 1.807) is 14.2 Å². The van der Waals surface area contributed by atoms with Gasteiger partial charge in [0.05, 0.1) is 26.4 Å². The van der Waals surface area contributed by atoms with Gasteiger partial charge in [-0.2, -0.15) is 0 Å². The summed E-state index contributed by atoms with van der Waals surface area (Å²) in [5.74, 6) is 3.09. The van der Waals surface area contributed by atoms with Crippen LogP contribution in [-0.2, 0) is 13.2 Å². The maximum atomic E-state index is 6.30. The minimum absolute atomic E-state index is 0.0637. The van der Waals surface area contributed by atoms with Crippen LogP contribution in [0.15, 0.2) is 54.6 Å². The highest BCUT2D eigenvalue weighted by atomic mass is 16.5. The summed E-state index contributed by atoms with van der Waals surface area (Å²) in [5.41, 5.74) is 5.53. The first-order valence-corrected chi connectivity index (χ1v) is 14.6. The Kier molecular flexibility index (Phi) is 10.5. The number of nitrogens with one attached hydrogen (secondary N) is 1. The Morgan fingerprint density at radius 1 is 0.854 bits per heavy atom. The Balaban J connectivity index is 1.45. The van der Waals surface area contributed by atoms with Crippen LogP contribution >= 0.6 is 0 Å². The average molecular weight is 562 g/mol. The van der Waals surface area contributed by atoms with E-state index in [9.17, 15) is 0 Å². The van der Waals surface area contributed by atoms with Crippen LogP contribution in [0.25, 0.3) is 11.1 Å². The number of ether oxygens (including phenoxy) is 4. The van der Waals surface area contributed by atoms with Gasteiger partial charge in [-0.15, -0.1) is 0 Å². The van der Waals surface area contributed by atoms with Gasteiger partial charge in [-0.3, -0.25) is 4.90 Å². The lowest BCUT2D eigenvalue weighted by Gasteiger charge is -2.38. The molecule has 1 saturated heterocycles. The van der Waals surface area contributed by atoms with Crippen molar-refractivity contribution < 1.29 is 18.9 Å². The summed E-state index contributed by atoms with van der Waals surface area (Å²) >= 11 is 0. The zero-order valence-electron chi connectivity index (χ0n) is 25.9. The van der Waals surface area contributed by atoms with Crippen LogP contribution in [0.4, 0.5) is 0 Å². The molecule has 7 nitrogen and oxygen atoms in total. The molecule has 0 atom stereocenters. The molecule has 1 fully saturated rings. The third kappa shape index (κ3) is 8.15. The standard InChI is InChI=1S/C34H47N3O4/c1-8-40-28-13-9-11-26(19-28)30-14-10-12-27(25(30)2)23-41-29-20-32(38-6)31(33(21-29)39-7)22-35-34(3,4)24-37-17-15-36(5)16-18-37/h9-14,19-21,35H,8,15-18,22-24H2,1-7H3. The van der Waals surface area contributed by atoms with Gasteiger partial charge in [0.1, 0.15) is 29.6 Å². The molecule has 0 aliphatic carbocycles. The highest BCUT2D eigenvalue weighted by Gasteiger charge is 2.25. The van der Waals surface area contributed by atoms with E-state index in [4.69, 9.17) is 18.9 Å². The molecule has 4 rings (SSSR count). The van der Waals surface area contributed by atoms with E-state index < -0.39 is 0 Å². The molecule has 0 spiro atoms. The minimum Gasteiger partial charge on any atom is -0.496 e. The van der Waals surface area contributed by atoms with Gasteiger partial charge in [0.15, 0.2) is 0 Å². The second kappa shape index (κ2) is 14.1. The van der Waals surface area contributed by atoms with E-state index in [0.29, 0.717) is 25.5 Å². The molecule has 0 aromatic heterocycles. The number of nitrogens with zero attached hydrogens (tertiary/aromatic N) is 2. The van der Waals surface area contributed by atoms with Crippen molar-refractivity contribution in [2.24, 2.45) is 0 Å². The van der Waals surface area contributed by atoms with Crippen molar-refractivity contribution in [3.05, 3.63) is 71.3 Å². The predicted molar refractivity (Wildman–Crippen MR) is 167 cm³/mol. The number of rotatable bonds is 13. The van der Waals surface area contributed by atoms with Crippen LogP contribution in [-0.4, -0.2) is 75.9 Å². The highest BCUT2D eigenvalue weighted by molar-refractivity contribution is 5.69. The molecule has 0 amide bonds. The smallest absolute Gasteiger partial charge is 0.130 e. The predicted octanol–water partition coefficient (Wildman–Crippen LogP) is 5.77. The molecule has 3 aromatic carbocycles. The molecule has 1 aliphatic rings. The second-order valence-corrected chi connectivity index (χ2v) is 11.5. The topological polar surface area (TPSA) is 55.4 Å².